The second-order valence-electron chi connectivity index (χ2n) is 5.58. The standard InChI is InChI=1S/C17H27N3O/c1-4-7-11-20(6-3)13-8-9-14-15(12-13)19-17(21)16(14)18-10-5-2/h8-9,12,16,18H,4-7,10-11H2,1-3H3,(H,19,21). The van der Waals surface area contributed by atoms with E-state index < -0.39 is 0 Å². The summed E-state index contributed by atoms with van der Waals surface area (Å²) in [5.41, 5.74) is 3.23. The van der Waals surface area contributed by atoms with E-state index in [0.717, 1.165) is 37.3 Å². The lowest BCUT2D eigenvalue weighted by Gasteiger charge is -2.23. The second kappa shape index (κ2) is 7.46. The SMILES string of the molecule is CCCCN(CC)c1ccc2c(c1)NC(=O)C2NCCC. The second-order valence-corrected chi connectivity index (χ2v) is 5.58. The highest BCUT2D eigenvalue weighted by Crippen LogP contribution is 2.34. The molecular formula is C17H27N3O. The summed E-state index contributed by atoms with van der Waals surface area (Å²) in [4.78, 5) is 14.4. The van der Waals surface area contributed by atoms with Crippen LogP contribution in [-0.2, 0) is 4.79 Å². The van der Waals surface area contributed by atoms with Gasteiger partial charge >= 0.3 is 0 Å². The van der Waals surface area contributed by atoms with Crippen LogP contribution in [0.25, 0.3) is 0 Å². The first kappa shape index (κ1) is 15.8. The van der Waals surface area contributed by atoms with E-state index in [4.69, 9.17) is 0 Å². The minimum absolute atomic E-state index is 0.0622. The molecule has 4 heteroatoms. The molecule has 0 aromatic heterocycles. The number of unbranched alkanes of at least 4 members (excludes halogenated alkanes) is 1. The van der Waals surface area contributed by atoms with E-state index in [-0.39, 0.29) is 11.9 Å². The average Bonchev–Trinajstić information content (AvgIpc) is 2.80. The van der Waals surface area contributed by atoms with Gasteiger partial charge < -0.3 is 15.5 Å². The summed E-state index contributed by atoms with van der Waals surface area (Å²) in [6.07, 6.45) is 3.41. The van der Waals surface area contributed by atoms with Crippen LogP contribution in [0.2, 0.25) is 0 Å². The molecule has 0 spiro atoms. The van der Waals surface area contributed by atoms with Crippen molar-refractivity contribution >= 4 is 17.3 Å². The maximum absolute atomic E-state index is 12.1. The predicted octanol–water partition coefficient (Wildman–Crippen LogP) is 3.31. The lowest BCUT2D eigenvalue weighted by molar-refractivity contribution is -0.117. The third-order valence-electron chi connectivity index (χ3n) is 3.99. The van der Waals surface area contributed by atoms with Gasteiger partial charge in [0.25, 0.3) is 0 Å². The van der Waals surface area contributed by atoms with Gasteiger partial charge in [-0.3, -0.25) is 4.79 Å². The molecule has 0 aliphatic carbocycles. The summed E-state index contributed by atoms with van der Waals surface area (Å²) in [6, 6.07) is 6.14. The maximum Gasteiger partial charge on any atom is 0.246 e. The molecule has 21 heavy (non-hydrogen) atoms. The molecule has 0 saturated carbocycles. The van der Waals surface area contributed by atoms with Gasteiger partial charge in [-0.1, -0.05) is 26.3 Å². The first-order valence-corrected chi connectivity index (χ1v) is 8.14. The topological polar surface area (TPSA) is 44.4 Å². The van der Waals surface area contributed by atoms with Crippen LogP contribution in [0.3, 0.4) is 0 Å². The van der Waals surface area contributed by atoms with Gasteiger partial charge in [0.15, 0.2) is 0 Å². The van der Waals surface area contributed by atoms with Crippen LogP contribution in [-0.4, -0.2) is 25.5 Å². The number of carbonyl (C=O) groups is 1. The van der Waals surface area contributed by atoms with Crippen molar-refractivity contribution in [2.24, 2.45) is 0 Å². The molecule has 116 valence electrons. The van der Waals surface area contributed by atoms with Crippen molar-refractivity contribution in [3.05, 3.63) is 23.8 Å². The summed E-state index contributed by atoms with van der Waals surface area (Å²) in [7, 11) is 0. The fourth-order valence-corrected chi connectivity index (χ4v) is 2.76. The van der Waals surface area contributed by atoms with E-state index in [1.54, 1.807) is 0 Å². The molecule has 2 rings (SSSR count). The smallest absolute Gasteiger partial charge is 0.246 e. The molecule has 1 heterocycles. The molecule has 1 aliphatic heterocycles. The predicted molar refractivity (Wildman–Crippen MR) is 88.9 cm³/mol. The first-order chi connectivity index (χ1) is 10.2. The minimum atomic E-state index is -0.195. The van der Waals surface area contributed by atoms with Gasteiger partial charge in [0.1, 0.15) is 6.04 Å². The van der Waals surface area contributed by atoms with Crippen molar-refractivity contribution in [1.82, 2.24) is 5.32 Å². The normalized spacial score (nSPS) is 16.7. The van der Waals surface area contributed by atoms with Crippen LogP contribution in [0.4, 0.5) is 11.4 Å². The Hall–Kier alpha value is -1.55. The zero-order valence-electron chi connectivity index (χ0n) is 13.4. The van der Waals surface area contributed by atoms with E-state index >= 15 is 0 Å². The Morgan fingerprint density at radius 2 is 2.05 bits per heavy atom. The molecule has 1 atom stereocenters. The van der Waals surface area contributed by atoms with Gasteiger partial charge in [-0.25, -0.2) is 0 Å². The van der Waals surface area contributed by atoms with Crippen molar-refractivity contribution in [2.75, 3.05) is 29.9 Å². The van der Waals surface area contributed by atoms with Crippen LogP contribution in [0.5, 0.6) is 0 Å². The highest BCUT2D eigenvalue weighted by molar-refractivity contribution is 6.03. The minimum Gasteiger partial charge on any atom is -0.372 e. The van der Waals surface area contributed by atoms with Crippen molar-refractivity contribution in [2.45, 2.75) is 46.1 Å². The zero-order valence-corrected chi connectivity index (χ0v) is 13.4. The molecule has 0 bridgehead atoms. The van der Waals surface area contributed by atoms with Crippen LogP contribution >= 0.6 is 0 Å². The number of hydrogen-bond acceptors (Lipinski definition) is 3. The zero-order chi connectivity index (χ0) is 15.2. The summed E-state index contributed by atoms with van der Waals surface area (Å²) in [5.74, 6) is 0.0622. The molecule has 0 saturated heterocycles. The van der Waals surface area contributed by atoms with Crippen molar-refractivity contribution in [3.8, 4) is 0 Å². The van der Waals surface area contributed by atoms with Gasteiger partial charge in [0, 0.05) is 30.0 Å². The Labute approximate surface area is 127 Å². The highest BCUT2D eigenvalue weighted by Gasteiger charge is 2.30. The van der Waals surface area contributed by atoms with Crippen molar-refractivity contribution in [3.63, 3.8) is 0 Å². The lowest BCUT2D eigenvalue weighted by atomic mass is 10.1. The van der Waals surface area contributed by atoms with E-state index in [2.05, 4.69) is 54.5 Å². The number of hydrogen-bond donors (Lipinski definition) is 2. The fraction of sp³-hybridized carbons (Fsp3) is 0.588. The van der Waals surface area contributed by atoms with Crippen molar-refractivity contribution in [1.29, 1.82) is 0 Å². The van der Waals surface area contributed by atoms with Crippen molar-refractivity contribution < 1.29 is 4.79 Å². The summed E-state index contributed by atoms with van der Waals surface area (Å²) in [5, 5.41) is 6.31. The molecule has 0 fully saturated rings. The molecule has 1 aromatic rings. The third-order valence-corrected chi connectivity index (χ3v) is 3.99. The van der Waals surface area contributed by atoms with Crippen LogP contribution in [0.1, 0.15) is 51.6 Å². The Morgan fingerprint density at radius 3 is 2.71 bits per heavy atom. The number of anilines is 2. The number of nitrogens with zero attached hydrogens (tertiary/aromatic N) is 1. The van der Waals surface area contributed by atoms with Gasteiger partial charge in [-0.15, -0.1) is 0 Å². The van der Waals surface area contributed by atoms with E-state index in [9.17, 15) is 4.79 Å². The molecule has 1 unspecified atom stereocenters. The Morgan fingerprint density at radius 1 is 1.24 bits per heavy atom. The van der Waals surface area contributed by atoms with Gasteiger partial charge in [0.05, 0.1) is 0 Å². The van der Waals surface area contributed by atoms with E-state index in [1.165, 1.54) is 18.5 Å². The fourth-order valence-electron chi connectivity index (χ4n) is 2.76. The lowest BCUT2D eigenvalue weighted by Crippen LogP contribution is -2.28. The summed E-state index contributed by atoms with van der Waals surface area (Å²) >= 11 is 0. The molecule has 1 aromatic carbocycles. The Bertz CT molecular complexity index is 487. The number of benzene rings is 1. The quantitative estimate of drug-likeness (QED) is 0.771. The van der Waals surface area contributed by atoms with Crippen LogP contribution in [0.15, 0.2) is 18.2 Å². The maximum atomic E-state index is 12.1. The number of fused-ring (bicyclic) bond motifs is 1. The van der Waals surface area contributed by atoms with Crippen LogP contribution < -0.4 is 15.5 Å². The van der Waals surface area contributed by atoms with Gasteiger partial charge in [-0.05, 0) is 38.4 Å². The third kappa shape index (κ3) is 3.56. The monoisotopic (exact) mass is 289 g/mol. The Balaban J connectivity index is 2.16. The number of nitrogens with one attached hydrogen (secondary N) is 2. The molecule has 1 aliphatic rings. The molecule has 0 radical (unpaired) electrons. The van der Waals surface area contributed by atoms with Gasteiger partial charge in [-0.2, -0.15) is 0 Å². The Kier molecular flexibility index (Phi) is 5.62. The number of carbonyl (C=O) groups excluding carboxylic acids is 1. The van der Waals surface area contributed by atoms with Crippen LogP contribution in [0, 0.1) is 0 Å². The summed E-state index contributed by atoms with van der Waals surface area (Å²) in [6.45, 7) is 9.41. The molecule has 2 N–H and O–H groups in total. The largest absolute Gasteiger partial charge is 0.372 e. The average molecular weight is 289 g/mol. The molecule has 4 nitrogen and oxygen atoms in total. The number of rotatable bonds is 8. The molecule has 1 amide bonds. The van der Waals surface area contributed by atoms with Gasteiger partial charge in [0.2, 0.25) is 5.91 Å². The highest BCUT2D eigenvalue weighted by atomic mass is 16.2. The molecular weight excluding hydrogens is 262 g/mol. The summed E-state index contributed by atoms with van der Waals surface area (Å²) < 4.78 is 0. The first-order valence-electron chi connectivity index (χ1n) is 8.14. The van der Waals surface area contributed by atoms with E-state index in [1.807, 2.05) is 0 Å². The van der Waals surface area contributed by atoms with E-state index in [0.29, 0.717) is 0 Å². The number of amides is 1.